The van der Waals surface area contributed by atoms with Gasteiger partial charge in [-0.15, -0.1) is 11.3 Å². The molecule has 0 aliphatic heterocycles. The third-order valence-electron chi connectivity index (χ3n) is 4.34. The molecule has 5 nitrogen and oxygen atoms in total. The molecule has 0 fully saturated rings. The lowest BCUT2D eigenvalue weighted by atomic mass is 10.1. The maximum absolute atomic E-state index is 12.2. The van der Waals surface area contributed by atoms with E-state index >= 15 is 0 Å². The van der Waals surface area contributed by atoms with Gasteiger partial charge in [0.25, 0.3) is 5.91 Å². The number of allylic oxidation sites excluding steroid dienone is 8. The molecule has 0 spiro atoms. The van der Waals surface area contributed by atoms with Crippen LogP contribution in [-0.2, 0) is 4.79 Å². The van der Waals surface area contributed by atoms with E-state index in [1.54, 1.807) is 11.5 Å². The summed E-state index contributed by atoms with van der Waals surface area (Å²) in [5.74, 6) is -0.494. The summed E-state index contributed by atoms with van der Waals surface area (Å²) in [6.45, 7) is 0. The summed E-state index contributed by atoms with van der Waals surface area (Å²) in [5.41, 5.74) is 3.76. The molecule has 1 heterocycles. The quantitative estimate of drug-likeness (QED) is 0.522. The van der Waals surface area contributed by atoms with E-state index in [1.807, 2.05) is 30.4 Å². The van der Waals surface area contributed by atoms with Crippen LogP contribution in [0.5, 0.6) is 0 Å². The average molecular weight is 382 g/mol. The van der Waals surface area contributed by atoms with E-state index in [2.05, 4.69) is 23.5 Å². The first-order valence-corrected chi connectivity index (χ1v) is 9.75. The zero-order valence-corrected chi connectivity index (χ0v) is 15.7. The molecule has 27 heavy (non-hydrogen) atoms. The predicted molar refractivity (Wildman–Crippen MR) is 107 cm³/mol. The fraction of sp³-hybridized carbons (Fsp3) is 0.238. The van der Waals surface area contributed by atoms with Crippen LogP contribution in [0.4, 0.5) is 0 Å². The van der Waals surface area contributed by atoms with Gasteiger partial charge in [-0.25, -0.2) is 5.48 Å². The molecule has 0 aromatic carbocycles. The van der Waals surface area contributed by atoms with Crippen molar-refractivity contribution in [2.75, 3.05) is 0 Å². The molecule has 0 unspecified atom stereocenters. The fourth-order valence-electron chi connectivity index (χ4n) is 2.94. The highest BCUT2D eigenvalue weighted by Crippen LogP contribution is 2.13. The van der Waals surface area contributed by atoms with Crippen LogP contribution in [0.1, 0.15) is 41.8 Å². The zero-order chi connectivity index (χ0) is 19.1. The molecule has 2 aliphatic carbocycles. The smallest absolute Gasteiger partial charge is 0.284 e. The van der Waals surface area contributed by atoms with Gasteiger partial charge in [0.2, 0.25) is 5.91 Å². The number of carbonyl (C=O) groups excluding carboxylic acids is 2. The molecular weight excluding hydrogens is 360 g/mol. The lowest BCUT2D eigenvalue weighted by Gasteiger charge is -2.07. The Balaban J connectivity index is 1.53. The Morgan fingerprint density at radius 3 is 2.93 bits per heavy atom. The molecule has 6 heteroatoms. The number of fused-ring (bicyclic) bond motifs is 1. The van der Waals surface area contributed by atoms with Crippen LogP contribution < -0.4 is 20.5 Å². The SMILES string of the molecule is O=C(CCCC1=CCC=CC=C1)NC1=CC=c2sc(C(=O)NO)cc2=CC1. The first kappa shape index (κ1) is 19.1. The van der Waals surface area contributed by atoms with Crippen LogP contribution >= 0.6 is 11.3 Å². The zero-order valence-electron chi connectivity index (χ0n) is 14.9. The van der Waals surface area contributed by atoms with Crippen LogP contribution in [0.3, 0.4) is 0 Å². The van der Waals surface area contributed by atoms with Crippen LogP contribution in [-0.4, -0.2) is 17.0 Å². The molecule has 140 valence electrons. The van der Waals surface area contributed by atoms with E-state index in [9.17, 15) is 9.59 Å². The van der Waals surface area contributed by atoms with Gasteiger partial charge in [0, 0.05) is 23.1 Å². The van der Waals surface area contributed by atoms with Crippen molar-refractivity contribution >= 4 is 35.3 Å². The highest BCUT2D eigenvalue weighted by atomic mass is 32.1. The number of hydroxylamine groups is 1. The van der Waals surface area contributed by atoms with E-state index in [0.29, 0.717) is 17.7 Å². The Morgan fingerprint density at radius 1 is 1.19 bits per heavy atom. The van der Waals surface area contributed by atoms with Gasteiger partial charge in [0.15, 0.2) is 0 Å². The van der Waals surface area contributed by atoms with Crippen molar-refractivity contribution < 1.29 is 14.8 Å². The summed E-state index contributed by atoms with van der Waals surface area (Å²) in [6, 6.07) is 1.74. The monoisotopic (exact) mass is 382 g/mol. The Bertz CT molecular complexity index is 964. The van der Waals surface area contributed by atoms with E-state index in [-0.39, 0.29) is 5.91 Å². The van der Waals surface area contributed by atoms with Gasteiger partial charge in [-0.1, -0.05) is 42.0 Å². The lowest BCUT2D eigenvalue weighted by molar-refractivity contribution is -0.120. The minimum atomic E-state index is -0.512. The lowest BCUT2D eigenvalue weighted by Crippen LogP contribution is -2.22. The molecule has 2 amide bonds. The van der Waals surface area contributed by atoms with Crippen molar-refractivity contribution in [1.82, 2.24) is 10.8 Å². The van der Waals surface area contributed by atoms with Gasteiger partial charge < -0.3 is 5.32 Å². The minimum Gasteiger partial charge on any atom is -0.329 e. The summed E-state index contributed by atoms with van der Waals surface area (Å²) in [6.07, 6.45) is 20.0. The fourth-order valence-corrected chi connectivity index (χ4v) is 3.89. The van der Waals surface area contributed by atoms with Gasteiger partial charge in [-0.3, -0.25) is 14.8 Å². The van der Waals surface area contributed by atoms with Crippen molar-refractivity contribution in [3.05, 3.63) is 68.4 Å². The number of thiophene rings is 1. The van der Waals surface area contributed by atoms with Crippen molar-refractivity contribution in [2.45, 2.75) is 32.1 Å². The largest absolute Gasteiger partial charge is 0.329 e. The van der Waals surface area contributed by atoms with E-state index in [4.69, 9.17) is 5.21 Å². The first-order valence-electron chi connectivity index (χ1n) is 8.93. The molecule has 3 N–H and O–H groups in total. The topological polar surface area (TPSA) is 78.4 Å². The molecule has 1 aromatic heterocycles. The second kappa shape index (κ2) is 9.30. The highest BCUT2D eigenvalue weighted by Gasteiger charge is 2.09. The van der Waals surface area contributed by atoms with Gasteiger partial charge in [0.05, 0.1) is 4.88 Å². The Labute approximate surface area is 161 Å². The molecule has 0 bridgehead atoms. The van der Waals surface area contributed by atoms with Crippen LogP contribution in [0.2, 0.25) is 0 Å². The molecule has 3 rings (SSSR count). The van der Waals surface area contributed by atoms with Crippen molar-refractivity contribution in [2.24, 2.45) is 0 Å². The molecule has 0 atom stereocenters. The van der Waals surface area contributed by atoms with Crippen LogP contribution in [0.15, 0.2) is 53.8 Å². The number of hydrogen-bond donors (Lipinski definition) is 3. The normalized spacial score (nSPS) is 15.3. The van der Waals surface area contributed by atoms with Crippen molar-refractivity contribution in [3.63, 3.8) is 0 Å². The van der Waals surface area contributed by atoms with Crippen LogP contribution in [0, 0.1) is 0 Å². The standard InChI is InChI=1S/C21H22N2O3S/c24-20(9-5-8-15-6-3-1-2-4-7-15)22-17-11-10-16-14-19(21(25)23-26)27-18(16)13-12-17/h1-3,6-7,10,12-14,26H,4-5,8-9,11H2,(H,22,24)(H,23,25). The van der Waals surface area contributed by atoms with Gasteiger partial charge in [-0.05, 0) is 42.7 Å². The highest BCUT2D eigenvalue weighted by molar-refractivity contribution is 7.12. The average Bonchev–Trinajstić information content (AvgIpc) is 2.81. The van der Waals surface area contributed by atoms with Crippen molar-refractivity contribution in [1.29, 1.82) is 0 Å². The van der Waals surface area contributed by atoms with Gasteiger partial charge in [-0.2, -0.15) is 0 Å². The van der Waals surface area contributed by atoms with E-state index < -0.39 is 5.91 Å². The Hall–Kier alpha value is -2.70. The summed E-state index contributed by atoms with van der Waals surface area (Å²) in [7, 11) is 0. The van der Waals surface area contributed by atoms with E-state index in [0.717, 1.165) is 34.7 Å². The van der Waals surface area contributed by atoms with Gasteiger partial charge in [0.1, 0.15) is 0 Å². The van der Waals surface area contributed by atoms with E-state index in [1.165, 1.54) is 16.9 Å². The molecule has 1 aromatic rings. The summed E-state index contributed by atoms with van der Waals surface area (Å²) in [5, 5.41) is 12.6. The number of carbonyl (C=O) groups is 2. The number of hydrogen-bond acceptors (Lipinski definition) is 4. The summed E-state index contributed by atoms with van der Waals surface area (Å²) in [4.78, 5) is 24.2. The third kappa shape index (κ3) is 5.39. The number of rotatable bonds is 6. The van der Waals surface area contributed by atoms with Crippen molar-refractivity contribution in [3.8, 4) is 0 Å². The first-order chi connectivity index (χ1) is 13.2. The second-order valence-corrected chi connectivity index (χ2v) is 7.43. The molecule has 2 aliphatic rings. The molecule has 0 radical (unpaired) electrons. The summed E-state index contributed by atoms with van der Waals surface area (Å²) >= 11 is 1.30. The molecule has 0 saturated heterocycles. The third-order valence-corrected chi connectivity index (χ3v) is 5.45. The maximum atomic E-state index is 12.2. The minimum absolute atomic E-state index is 0.0185. The molecular formula is C21H22N2O3S. The second-order valence-electron chi connectivity index (χ2n) is 6.34. The van der Waals surface area contributed by atoms with Gasteiger partial charge >= 0.3 is 0 Å². The number of nitrogens with one attached hydrogen (secondary N) is 2. The number of amides is 2. The van der Waals surface area contributed by atoms with Crippen LogP contribution in [0.25, 0.3) is 12.2 Å². The maximum Gasteiger partial charge on any atom is 0.284 e. The molecule has 0 saturated carbocycles. The predicted octanol–water partition coefficient (Wildman–Crippen LogP) is 2.44. The Morgan fingerprint density at radius 2 is 2.07 bits per heavy atom. The Kier molecular flexibility index (Phi) is 6.57. The summed E-state index contributed by atoms with van der Waals surface area (Å²) < 4.78 is 0.929.